The molecular formula is C8H12O4. The van der Waals surface area contributed by atoms with Crippen LogP contribution in [0, 0.1) is 5.92 Å². The number of aliphatic hydroxyl groups is 1. The third-order valence-corrected chi connectivity index (χ3v) is 1.87. The normalized spacial score (nSPS) is 30.4. The van der Waals surface area contributed by atoms with E-state index in [1.807, 2.05) is 0 Å². The van der Waals surface area contributed by atoms with E-state index < -0.39 is 18.0 Å². The van der Waals surface area contributed by atoms with Gasteiger partial charge >= 0.3 is 5.97 Å². The van der Waals surface area contributed by atoms with Crippen molar-refractivity contribution in [1.29, 1.82) is 0 Å². The SMILES string of the molecule is CC(O)CC(=O)C1C(=O)OC1C. The van der Waals surface area contributed by atoms with Crippen LogP contribution in [0.15, 0.2) is 0 Å². The number of hydrogen-bond acceptors (Lipinski definition) is 4. The molecule has 1 fully saturated rings. The van der Waals surface area contributed by atoms with E-state index in [-0.39, 0.29) is 18.3 Å². The van der Waals surface area contributed by atoms with Gasteiger partial charge in [-0.3, -0.25) is 9.59 Å². The summed E-state index contributed by atoms with van der Waals surface area (Å²) in [4.78, 5) is 21.9. The van der Waals surface area contributed by atoms with E-state index in [9.17, 15) is 9.59 Å². The predicted octanol–water partition coefficient (Wildman–Crippen LogP) is -0.112. The number of aliphatic hydroxyl groups excluding tert-OH is 1. The zero-order valence-corrected chi connectivity index (χ0v) is 7.11. The lowest BCUT2D eigenvalue weighted by molar-refractivity contribution is -0.184. The van der Waals surface area contributed by atoms with Crippen molar-refractivity contribution in [3.8, 4) is 0 Å². The number of ketones is 1. The van der Waals surface area contributed by atoms with Crippen molar-refractivity contribution in [2.75, 3.05) is 0 Å². The van der Waals surface area contributed by atoms with Gasteiger partial charge in [-0.1, -0.05) is 0 Å². The van der Waals surface area contributed by atoms with Crippen molar-refractivity contribution in [1.82, 2.24) is 0 Å². The standard InChI is InChI=1S/C8H12O4/c1-4(9)3-6(10)7-5(2)12-8(7)11/h4-5,7,9H,3H2,1-2H3. The summed E-state index contributed by atoms with van der Waals surface area (Å²) in [6.07, 6.45) is -0.966. The van der Waals surface area contributed by atoms with Gasteiger partial charge in [0.05, 0.1) is 6.10 Å². The minimum atomic E-state index is -0.682. The van der Waals surface area contributed by atoms with Gasteiger partial charge in [-0.25, -0.2) is 0 Å². The fraction of sp³-hybridized carbons (Fsp3) is 0.750. The molecule has 0 saturated carbocycles. The third-order valence-electron chi connectivity index (χ3n) is 1.87. The molecule has 3 atom stereocenters. The highest BCUT2D eigenvalue weighted by molar-refractivity contribution is 6.03. The summed E-state index contributed by atoms with van der Waals surface area (Å²) in [6, 6.07) is 0. The summed E-state index contributed by atoms with van der Waals surface area (Å²) in [6.45, 7) is 3.19. The Morgan fingerprint density at radius 3 is 2.67 bits per heavy atom. The summed E-state index contributed by atoms with van der Waals surface area (Å²) in [5, 5.41) is 8.89. The molecule has 0 aromatic rings. The highest BCUT2D eigenvalue weighted by Crippen LogP contribution is 2.24. The third kappa shape index (κ3) is 1.64. The van der Waals surface area contributed by atoms with Crippen molar-refractivity contribution in [2.24, 2.45) is 5.92 Å². The van der Waals surface area contributed by atoms with E-state index in [0.29, 0.717) is 0 Å². The van der Waals surface area contributed by atoms with Crippen LogP contribution in [-0.2, 0) is 14.3 Å². The van der Waals surface area contributed by atoms with Crippen LogP contribution in [0.3, 0.4) is 0 Å². The summed E-state index contributed by atoms with van der Waals surface area (Å²) >= 11 is 0. The monoisotopic (exact) mass is 172 g/mol. The molecule has 0 radical (unpaired) electrons. The molecule has 0 amide bonds. The van der Waals surface area contributed by atoms with E-state index in [1.165, 1.54) is 6.92 Å². The fourth-order valence-corrected chi connectivity index (χ4v) is 1.26. The van der Waals surface area contributed by atoms with Crippen LogP contribution in [0.2, 0.25) is 0 Å². The van der Waals surface area contributed by atoms with E-state index in [2.05, 4.69) is 4.74 Å². The summed E-state index contributed by atoms with van der Waals surface area (Å²) in [5.41, 5.74) is 0. The quantitative estimate of drug-likeness (QED) is 0.476. The van der Waals surface area contributed by atoms with Crippen molar-refractivity contribution >= 4 is 11.8 Å². The molecule has 1 N–H and O–H groups in total. The number of cyclic esters (lactones) is 1. The van der Waals surface area contributed by atoms with E-state index in [1.54, 1.807) is 6.92 Å². The average Bonchev–Trinajstić information content (AvgIpc) is 1.83. The second-order valence-corrected chi connectivity index (χ2v) is 3.14. The second-order valence-electron chi connectivity index (χ2n) is 3.14. The number of hydrogen-bond donors (Lipinski definition) is 1. The molecular weight excluding hydrogens is 160 g/mol. The molecule has 0 bridgehead atoms. The summed E-state index contributed by atoms with van der Waals surface area (Å²) in [5.74, 6) is -1.33. The minimum absolute atomic E-state index is 0.0319. The van der Waals surface area contributed by atoms with Gasteiger partial charge in [0, 0.05) is 6.42 Å². The first-order valence-electron chi connectivity index (χ1n) is 3.93. The van der Waals surface area contributed by atoms with Crippen LogP contribution >= 0.6 is 0 Å². The van der Waals surface area contributed by atoms with E-state index in [0.717, 1.165) is 0 Å². The maximum atomic E-state index is 11.2. The molecule has 0 spiro atoms. The molecule has 3 unspecified atom stereocenters. The highest BCUT2D eigenvalue weighted by atomic mass is 16.6. The Bertz CT molecular complexity index is 209. The number of rotatable bonds is 3. The maximum absolute atomic E-state index is 11.2. The smallest absolute Gasteiger partial charge is 0.320 e. The fourth-order valence-electron chi connectivity index (χ4n) is 1.26. The summed E-state index contributed by atoms with van der Waals surface area (Å²) in [7, 11) is 0. The van der Waals surface area contributed by atoms with Crippen LogP contribution in [0.1, 0.15) is 20.3 Å². The Morgan fingerprint density at radius 1 is 1.75 bits per heavy atom. The molecule has 4 heteroatoms. The van der Waals surface area contributed by atoms with Gasteiger partial charge in [-0.2, -0.15) is 0 Å². The molecule has 1 saturated heterocycles. The molecule has 12 heavy (non-hydrogen) atoms. The molecule has 0 aliphatic carbocycles. The lowest BCUT2D eigenvalue weighted by Gasteiger charge is -2.31. The van der Waals surface area contributed by atoms with E-state index in [4.69, 9.17) is 5.11 Å². The Labute approximate surface area is 70.5 Å². The van der Waals surface area contributed by atoms with Crippen LogP contribution < -0.4 is 0 Å². The van der Waals surface area contributed by atoms with E-state index >= 15 is 0 Å². The molecule has 1 aliphatic heterocycles. The largest absolute Gasteiger partial charge is 0.461 e. The van der Waals surface area contributed by atoms with Gasteiger partial charge in [0.25, 0.3) is 0 Å². The zero-order chi connectivity index (χ0) is 9.30. The first kappa shape index (κ1) is 9.19. The first-order valence-corrected chi connectivity index (χ1v) is 3.93. The Morgan fingerprint density at radius 2 is 2.33 bits per heavy atom. The van der Waals surface area contributed by atoms with Crippen molar-refractivity contribution in [3.05, 3.63) is 0 Å². The van der Waals surface area contributed by atoms with Gasteiger partial charge in [-0.15, -0.1) is 0 Å². The van der Waals surface area contributed by atoms with Crippen molar-refractivity contribution < 1.29 is 19.4 Å². The van der Waals surface area contributed by atoms with Crippen LogP contribution in [-0.4, -0.2) is 29.1 Å². The molecule has 0 aromatic carbocycles. The summed E-state index contributed by atoms with van der Waals surface area (Å²) < 4.78 is 4.61. The van der Waals surface area contributed by atoms with Gasteiger partial charge in [0.1, 0.15) is 6.10 Å². The predicted molar refractivity (Wildman–Crippen MR) is 40.3 cm³/mol. The lowest BCUT2D eigenvalue weighted by atomic mass is 9.91. The molecule has 1 aliphatic rings. The van der Waals surface area contributed by atoms with Crippen molar-refractivity contribution in [3.63, 3.8) is 0 Å². The van der Waals surface area contributed by atoms with Gasteiger partial charge in [0.15, 0.2) is 11.7 Å². The molecule has 68 valence electrons. The van der Waals surface area contributed by atoms with Crippen LogP contribution in [0.4, 0.5) is 0 Å². The van der Waals surface area contributed by atoms with Crippen molar-refractivity contribution in [2.45, 2.75) is 32.5 Å². The van der Waals surface area contributed by atoms with Gasteiger partial charge in [0.2, 0.25) is 0 Å². The number of esters is 1. The molecule has 4 nitrogen and oxygen atoms in total. The van der Waals surface area contributed by atoms with Crippen LogP contribution in [0.25, 0.3) is 0 Å². The molecule has 1 rings (SSSR count). The average molecular weight is 172 g/mol. The Hall–Kier alpha value is -0.900. The number of carbonyl (C=O) groups excluding carboxylic acids is 2. The minimum Gasteiger partial charge on any atom is -0.461 e. The Balaban J connectivity index is 2.47. The maximum Gasteiger partial charge on any atom is 0.320 e. The van der Waals surface area contributed by atoms with Gasteiger partial charge < -0.3 is 9.84 Å². The number of Topliss-reactive ketones (excluding diaryl/α,β-unsaturated/α-hetero) is 1. The lowest BCUT2D eigenvalue weighted by Crippen LogP contribution is -2.48. The molecule has 0 aromatic heterocycles. The number of ether oxygens (including phenoxy) is 1. The number of carbonyl (C=O) groups is 2. The second kappa shape index (κ2) is 3.23. The highest BCUT2D eigenvalue weighted by Gasteiger charge is 2.44. The Kier molecular flexibility index (Phi) is 2.47. The first-order chi connectivity index (χ1) is 5.52. The van der Waals surface area contributed by atoms with Crippen LogP contribution in [0.5, 0.6) is 0 Å². The zero-order valence-electron chi connectivity index (χ0n) is 7.11. The van der Waals surface area contributed by atoms with Gasteiger partial charge in [-0.05, 0) is 13.8 Å². The topological polar surface area (TPSA) is 63.6 Å². The molecule has 1 heterocycles.